The van der Waals surface area contributed by atoms with Gasteiger partial charge in [-0.2, -0.15) is 0 Å². The summed E-state index contributed by atoms with van der Waals surface area (Å²) in [6, 6.07) is 0. The summed E-state index contributed by atoms with van der Waals surface area (Å²) in [5.41, 5.74) is -5.26. The van der Waals surface area contributed by atoms with E-state index in [1.807, 2.05) is 26.8 Å². The third-order valence-electron chi connectivity index (χ3n) is 11.9. The number of carbonyl (C=O) groups is 4. The predicted molar refractivity (Wildman–Crippen MR) is 129 cm³/mol. The van der Waals surface area contributed by atoms with Crippen molar-refractivity contribution in [2.75, 3.05) is 0 Å². The third kappa shape index (κ3) is 2.48. The largest absolute Gasteiger partial charge is 0.457 e. The van der Waals surface area contributed by atoms with Crippen molar-refractivity contribution in [1.82, 2.24) is 0 Å². The second kappa shape index (κ2) is 6.66. The number of hydrogen-bond acceptors (Lipinski definition) is 10. The van der Waals surface area contributed by atoms with E-state index in [9.17, 15) is 24.3 Å². The standard InChI is InChI=1S/C29H34O10/c1-12-17-18-22(26(5,34)23(33)35-18)38-29-19(17)25(4,20(12)31)8-9-27(39-29)11-28-14(7-6-13(27)21(29)32)24(2,3)36-15(28)10-16(30)37-28/h6,12,14-15,17-19,22,34H,7-11H2,1-5H3. The van der Waals surface area contributed by atoms with Crippen LogP contribution in [0.15, 0.2) is 11.6 Å². The highest BCUT2D eigenvalue weighted by Gasteiger charge is 2.83. The highest BCUT2D eigenvalue weighted by atomic mass is 16.7. The zero-order chi connectivity index (χ0) is 27.7. The fourth-order valence-electron chi connectivity index (χ4n) is 10.2. The number of esters is 2. The molecule has 8 rings (SSSR count). The molecule has 0 aromatic carbocycles. The van der Waals surface area contributed by atoms with E-state index in [1.165, 1.54) is 6.92 Å². The molecule has 210 valence electrons. The zero-order valence-electron chi connectivity index (χ0n) is 22.8. The van der Waals surface area contributed by atoms with Gasteiger partial charge in [-0.05, 0) is 40.0 Å². The van der Waals surface area contributed by atoms with E-state index >= 15 is 0 Å². The van der Waals surface area contributed by atoms with Gasteiger partial charge in [0.15, 0.2) is 5.60 Å². The topological polar surface area (TPSA) is 135 Å². The van der Waals surface area contributed by atoms with Crippen molar-refractivity contribution in [3.63, 3.8) is 0 Å². The fraction of sp³-hybridized carbons (Fsp3) is 0.793. The van der Waals surface area contributed by atoms with Gasteiger partial charge in [-0.1, -0.05) is 19.9 Å². The van der Waals surface area contributed by atoms with Gasteiger partial charge in [0.25, 0.3) is 0 Å². The molecule has 12 atom stereocenters. The smallest absolute Gasteiger partial charge is 0.341 e. The summed E-state index contributed by atoms with van der Waals surface area (Å²) < 4.78 is 31.7. The van der Waals surface area contributed by atoms with Crippen molar-refractivity contribution in [2.45, 2.75) is 113 Å². The predicted octanol–water partition coefficient (Wildman–Crippen LogP) is 1.55. The van der Waals surface area contributed by atoms with Gasteiger partial charge in [0.05, 0.1) is 12.0 Å². The molecule has 7 fully saturated rings. The Bertz CT molecular complexity index is 1310. The van der Waals surface area contributed by atoms with Crippen molar-refractivity contribution in [2.24, 2.45) is 29.1 Å². The first-order chi connectivity index (χ1) is 18.1. The maximum atomic E-state index is 14.7. The molecular formula is C29H34O10. The van der Waals surface area contributed by atoms with E-state index in [0.29, 0.717) is 24.8 Å². The van der Waals surface area contributed by atoms with Gasteiger partial charge in [0.2, 0.25) is 11.6 Å². The van der Waals surface area contributed by atoms with Crippen LogP contribution in [0, 0.1) is 29.1 Å². The Balaban J connectivity index is 1.33. The van der Waals surface area contributed by atoms with Gasteiger partial charge in [0.1, 0.15) is 35.3 Å². The van der Waals surface area contributed by atoms with Crippen LogP contribution >= 0.6 is 0 Å². The molecule has 10 nitrogen and oxygen atoms in total. The van der Waals surface area contributed by atoms with E-state index in [1.54, 1.807) is 6.92 Å². The van der Waals surface area contributed by atoms with E-state index in [4.69, 9.17) is 23.7 Å². The van der Waals surface area contributed by atoms with Crippen molar-refractivity contribution < 1.29 is 48.0 Å². The molecule has 1 saturated carbocycles. The van der Waals surface area contributed by atoms with Crippen LogP contribution in [0.4, 0.5) is 0 Å². The fourth-order valence-corrected chi connectivity index (χ4v) is 10.2. The quantitative estimate of drug-likeness (QED) is 0.449. The van der Waals surface area contributed by atoms with E-state index < -0.39 is 75.6 Å². The summed E-state index contributed by atoms with van der Waals surface area (Å²) in [4.78, 5) is 54.1. The number of hydrogen-bond donors (Lipinski definition) is 1. The molecule has 6 aliphatic heterocycles. The first-order valence-electron chi connectivity index (χ1n) is 14.1. The van der Waals surface area contributed by atoms with Crippen LogP contribution in [-0.4, -0.2) is 75.1 Å². The van der Waals surface area contributed by atoms with Gasteiger partial charge in [-0.15, -0.1) is 0 Å². The number of rotatable bonds is 0. The Morgan fingerprint density at radius 1 is 1.03 bits per heavy atom. The summed E-state index contributed by atoms with van der Waals surface area (Å²) in [5, 5.41) is 11.2. The number of ether oxygens (including phenoxy) is 5. The van der Waals surface area contributed by atoms with Gasteiger partial charge < -0.3 is 28.8 Å². The van der Waals surface area contributed by atoms with Crippen molar-refractivity contribution in [3.05, 3.63) is 11.6 Å². The minimum absolute atomic E-state index is 0.0187. The van der Waals surface area contributed by atoms with E-state index in [2.05, 4.69) is 0 Å². The van der Waals surface area contributed by atoms with Crippen LogP contribution in [0.2, 0.25) is 0 Å². The minimum atomic E-state index is -2.01. The number of aliphatic hydroxyl groups is 1. The first kappa shape index (κ1) is 24.6. The van der Waals surface area contributed by atoms with E-state index in [0.717, 1.165) is 0 Å². The lowest BCUT2D eigenvalue weighted by atomic mass is 9.62. The number of carbonyl (C=O) groups excluding carboxylic acids is 4. The highest BCUT2D eigenvalue weighted by molar-refractivity contribution is 6.07. The average molecular weight is 543 g/mol. The summed E-state index contributed by atoms with van der Waals surface area (Å²) in [5.74, 6) is -5.41. The summed E-state index contributed by atoms with van der Waals surface area (Å²) in [6.07, 6.45) is 0.951. The zero-order valence-corrected chi connectivity index (χ0v) is 22.8. The van der Waals surface area contributed by atoms with Gasteiger partial charge in [-0.25, -0.2) is 4.79 Å². The lowest BCUT2D eigenvalue weighted by molar-refractivity contribution is -0.337. The van der Waals surface area contributed by atoms with Crippen molar-refractivity contribution in [3.8, 4) is 0 Å². The van der Waals surface area contributed by atoms with Gasteiger partial charge >= 0.3 is 11.9 Å². The summed E-state index contributed by atoms with van der Waals surface area (Å²) in [6.45, 7) is 8.97. The number of ketones is 2. The molecule has 0 radical (unpaired) electrons. The molecule has 0 aromatic heterocycles. The Hall–Kier alpha value is -2.14. The summed E-state index contributed by atoms with van der Waals surface area (Å²) in [7, 11) is 0. The highest BCUT2D eigenvalue weighted by Crippen LogP contribution is 2.70. The Morgan fingerprint density at radius 3 is 2.51 bits per heavy atom. The van der Waals surface area contributed by atoms with Gasteiger partial charge in [-0.3, -0.25) is 14.4 Å². The van der Waals surface area contributed by atoms with Crippen molar-refractivity contribution >= 4 is 23.5 Å². The molecular weight excluding hydrogens is 508 g/mol. The Labute approximate surface area is 225 Å². The van der Waals surface area contributed by atoms with Crippen LogP contribution in [0.1, 0.15) is 66.7 Å². The SMILES string of the molecule is CC1C(=O)C2(C)CCC34CC56OC(=O)CC5OC(C)(C)C6CC=C3C(=O)C3(OC5C(OC(=O)C5(C)O)C1C23)O4. The molecule has 3 spiro atoms. The van der Waals surface area contributed by atoms with Crippen LogP contribution in [0.25, 0.3) is 0 Å². The first-order valence-corrected chi connectivity index (χ1v) is 14.1. The molecule has 0 aromatic rings. The maximum Gasteiger partial charge on any atom is 0.341 e. The normalized spacial score (nSPS) is 57.9. The lowest BCUT2D eigenvalue weighted by Gasteiger charge is -2.50. The maximum absolute atomic E-state index is 14.7. The lowest BCUT2D eigenvalue weighted by Crippen LogP contribution is -2.65. The molecule has 2 bridgehead atoms. The molecule has 10 heteroatoms. The molecule has 0 amide bonds. The average Bonchev–Trinajstić information content (AvgIpc) is 3.40. The van der Waals surface area contributed by atoms with Crippen LogP contribution in [0.5, 0.6) is 0 Å². The van der Waals surface area contributed by atoms with E-state index in [-0.39, 0.29) is 36.3 Å². The molecule has 39 heavy (non-hydrogen) atoms. The van der Waals surface area contributed by atoms with Crippen LogP contribution in [-0.2, 0) is 42.9 Å². The molecule has 6 heterocycles. The van der Waals surface area contributed by atoms with Gasteiger partial charge in [0, 0.05) is 41.1 Å². The van der Waals surface area contributed by atoms with Crippen molar-refractivity contribution in [1.29, 1.82) is 0 Å². The monoisotopic (exact) mass is 542 g/mol. The number of allylic oxidation sites excluding steroid dienone is 1. The molecule has 6 saturated heterocycles. The number of fused-ring (bicyclic) bond motifs is 2. The second-order valence-corrected chi connectivity index (χ2v) is 14.2. The number of Topliss-reactive ketones (excluding diaryl/α,β-unsaturated/α-hetero) is 2. The molecule has 12 unspecified atom stereocenters. The van der Waals surface area contributed by atoms with Crippen LogP contribution < -0.4 is 0 Å². The Morgan fingerprint density at radius 2 is 1.77 bits per heavy atom. The minimum Gasteiger partial charge on any atom is -0.457 e. The summed E-state index contributed by atoms with van der Waals surface area (Å²) >= 11 is 0. The second-order valence-electron chi connectivity index (χ2n) is 14.2. The molecule has 8 aliphatic rings. The molecule has 1 N–H and O–H groups in total. The molecule has 2 aliphatic carbocycles. The Kier molecular flexibility index (Phi) is 4.21. The van der Waals surface area contributed by atoms with Crippen LogP contribution in [0.3, 0.4) is 0 Å². The third-order valence-corrected chi connectivity index (χ3v) is 11.9.